The average Bonchev–Trinajstić information content (AvgIpc) is 2.56. The van der Waals surface area contributed by atoms with Crippen LogP contribution < -0.4 is 0 Å². The summed E-state index contributed by atoms with van der Waals surface area (Å²) in [6, 6.07) is 0. The van der Waals surface area contributed by atoms with E-state index in [1.807, 2.05) is 21.1 Å². The summed E-state index contributed by atoms with van der Waals surface area (Å²) in [5.74, 6) is 0. The van der Waals surface area contributed by atoms with Gasteiger partial charge in [-0.05, 0) is 44.9 Å². The molecule has 166 valence electrons. The molecule has 28 heavy (non-hydrogen) atoms. The normalized spacial score (nSPS) is 15.5. The molecule has 0 aromatic heterocycles. The van der Waals surface area contributed by atoms with Crippen LogP contribution in [0, 0.1) is 0 Å². The van der Waals surface area contributed by atoms with Crippen LogP contribution in [0.25, 0.3) is 0 Å². The summed E-state index contributed by atoms with van der Waals surface area (Å²) in [6.07, 6.45) is 21.1. The van der Waals surface area contributed by atoms with Crippen LogP contribution in [0.1, 0.15) is 84.0 Å². The average molecular weight is 419 g/mol. The predicted octanol–water partition coefficient (Wildman–Crippen LogP) is 5.37. The number of likely N-dealkylation sites (N-methyl/N-ethyl adjacent to an activating group) is 1. The second-order valence-corrected chi connectivity index (χ2v) is 10.8. The molecular formula is C22H45NO4P+. The first-order valence-corrected chi connectivity index (χ1v) is 12.5. The highest BCUT2D eigenvalue weighted by Crippen LogP contribution is 2.52. The maximum atomic E-state index is 11.7. The minimum atomic E-state index is -4.54. The van der Waals surface area contributed by atoms with Crippen molar-refractivity contribution in [1.29, 1.82) is 0 Å². The maximum absolute atomic E-state index is 11.7. The largest absolute Gasteiger partial charge is 0.373 e. The van der Waals surface area contributed by atoms with E-state index in [4.69, 9.17) is 0 Å². The molecule has 0 saturated heterocycles. The van der Waals surface area contributed by atoms with Crippen molar-refractivity contribution in [3.05, 3.63) is 24.3 Å². The highest BCUT2D eigenvalue weighted by Gasteiger charge is 2.48. The molecule has 0 spiro atoms. The zero-order chi connectivity index (χ0) is 21.5. The summed E-state index contributed by atoms with van der Waals surface area (Å²) in [6.45, 7) is 2.21. The Morgan fingerprint density at radius 2 is 1.25 bits per heavy atom. The van der Waals surface area contributed by atoms with Crippen molar-refractivity contribution in [2.24, 2.45) is 0 Å². The number of quaternary nitrogens is 1. The van der Waals surface area contributed by atoms with E-state index in [0.29, 0.717) is 10.9 Å². The molecule has 0 aromatic rings. The van der Waals surface area contributed by atoms with Gasteiger partial charge in [0.1, 0.15) is 6.54 Å². The summed E-state index contributed by atoms with van der Waals surface area (Å²) in [4.78, 5) is 19.1. The number of aliphatic hydroxyl groups is 1. The molecule has 0 radical (unpaired) electrons. The molecule has 5 nitrogen and oxygen atoms in total. The number of nitrogens with zero attached hydrogens (tertiary/aromatic N) is 1. The minimum Gasteiger partial charge on any atom is -0.373 e. The van der Waals surface area contributed by atoms with Crippen LogP contribution in [0.2, 0.25) is 0 Å². The highest BCUT2D eigenvalue weighted by molar-refractivity contribution is 7.53. The molecule has 0 aliphatic rings. The quantitative estimate of drug-likeness (QED) is 0.128. The van der Waals surface area contributed by atoms with Gasteiger partial charge in [0, 0.05) is 0 Å². The summed E-state index contributed by atoms with van der Waals surface area (Å²) < 4.78 is 12.1. The third-order valence-corrected chi connectivity index (χ3v) is 6.24. The lowest BCUT2D eigenvalue weighted by Gasteiger charge is -2.35. The van der Waals surface area contributed by atoms with E-state index in [1.165, 1.54) is 19.3 Å². The van der Waals surface area contributed by atoms with Crippen molar-refractivity contribution in [2.45, 2.75) is 89.3 Å². The van der Waals surface area contributed by atoms with Crippen molar-refractivity contribution in [1.82, 2.24) is 0 Å². The second-order valence-electron chi connectivity index (χ2n) is 8.92. The second kappa shape index (κ2) is 14.5. The summed E-state index contributed by atoms with van der Waals surface area (Å²) in [5.41, 5.74) is 0. The van der Waals surface area contributed by atoms with Gasteiger partial charge in [0.15, 0.2) is 0 Å². The maximum Gasteiger partial charge on any atom is 0.362 e. The fourth-order valence-electron chi connectivity index (χ4n) is 3.34. The molecule has 0 saturated carbocycles. The molecule has 1 atom stereocenters. The number of hydrogen-bond acceptors (Lipinski definition) is 2. The Morgan fingerprint density at radius 3 is 1.75 bits per heavy atom. The first kappa shape index (κ1) is 27.5. The van der Waals surface area contributed by atoms with E-state index in [2.05, 4.69) is 31.2 Å². The van der Waals surface area contributed by atoms with E-state index in [1.54, 1.807) is 0 Å². The van der Waals surface area contributed by atoms with Crippen molar-refractivity contribution < 1.29 is 23.9 Å². The molecular weight excluding hydrogens is 373 g/mol. The van der Waals surface area contributed by atoms with E-state index < -0.39 is 12.9 Å². The monoisotopic (exact) mass is 418 g/mol. The summed E-state index contributed by atoms with van der Waals surface area (Å²) in [7, 11) is 0.955. The minimum absolute atomic E-state index is 0.0552. The van der Waals surface area contributed by atoms with Gasteiger partial charge in [0.25, 0.3) is 0 Å². The molecule has 0 heterocycles. The third-order valence-electron chi connectivity index (χ3n) is 4.79. The zero-order valence-electron chi connectivity index (χ0n) is 18.6. The van der Waals surface area contributed by atoms with Gasteiger partial charge in [-0.3, -0.25) is 4.57 Å². The van der Waals surface area contributed by atoms with E-state index in [-0.39, 0.29) is 13.0 Å². The number of unbranched alkanes of at least 4 members (excludes halogenated alkanes) is 8. The van der Waals surface area contributed by atoms with Gasteiger partial charge in [-0.2, -0.15) is 0 Å². The van der Waals surface area contributed by atoms with Gasteiger partial charge in [0.2, 0.25) is 5.34 Å². The molecule has 0 bridgehead atoms. The van der Waals surface area contributed by atoms with Crippen molar-refractivity contribution in [3.63, 3.8) is 0 Å². The van der Waals surface area contributed by atoms with E-state index in [0.717, 1.165) is 44.9 Å². The van der Waals surface area contributed by atoms with Crippen LogP contribution in [0.5, 0.6) is 0 Å². The number of allylic oxidation sites excluding steroid dienone is 4. The summed E-state index contributed by atoms with van der Waals surface area (Å²) in [5, 5.41) is 8.59. The Hall–Kier alpha value is -0.450. The van der Waals surface area contributed by atoms with Crippen LogP contribution in [0.4, 0.5) is 0 Å². The third kappa shape index (κ3) is 14.5. The zero-order valence-corrected chi connectivity index (χ0v) is 19.5. The van der Waals surface area contributed by atoms with Gasteiger partial charge in [-0.1, -0.05) is 63.3 Å². The van der Waals surface area contributed by atoms with Gasteiger partial charge in [0.05, 0.1) is 21.1 Å². The standard InChI is InChI=1S/C22H44NO4P/c1-5-6-7-8-9-10-11-12-13-14-15-16-17-18-19-20-22(24,28(25,26)27)21-23(2,3)4/h6-7,10-11,24H,5,8-9,12-21H2,1-4H3,(H-,25,26,27)/p+1/b7-6-,11-10-. The molecule has 6 heteroatoms. The topological polar surface area (TPSA) is 77.8 Å². The van der Waals surface area contributed by atoms with Crippen molar-refractivity contribution >= 4 is 7.60 Å². The Kier molecular flexibility index (Phi) is 14.3. The lowest BCUT2D eigenvalue weighted by Crippen LogP contribution is -2.49. The SMILES string of the molecule is CC/C=C\CC/C=C\CCCCCCCCCC(O)(C[N+](C)(C)C)P(=O)(O)O. The van der Waals surface area contributed by atoms with Gasteiger partial charge >= 0.3 is 7.60 Å². The molecule has 0 aliphatic carbocycles. The van der Waals surface area contributed by atoms with Crippen molar-refractivity contribution in [3.8, 4) is 0 Å². The molecule has 0 aromatic carbocycles. The van der Waals surface area contributed by atoms with Gasteiger partial charge < -0.3 is 19.4 Å². The molecule has 0 fully saturated rings. The van der Waals surface area contributed by atoms with E-state index >= 15 is 0 Å². The van der Waals surface area contributed by atoms with Crippen LogP contribution in [-0.4, -0.2) is 52.4 Å². The van der Waals surface area contributed by atoms with Crippen molar-refractivity contribution in [2.75, 3.05) is 27.7 Å². The Labute approximate surface area is 173 Å². The predicted molar refractivity (Wildman–Crippen MR) is 119 cm³/mol. The van der Waals surface area contributed by atoms with Crippen LogP contribution in [0.3, 0.4) is 0 Å². The van der Waals surface area contributed by atoms with E-state index in [9.17, 15) is 19.5 Å². The lowest BCUT2D eigenvalue weighted by atomic mass is 10.0. The van der Waals surface area contributed by atoms with Crippen LogP contribution in [-0.2, 0) is 4.57 Å². The Bertz CT molecular complexity index is 493. The first-order chi connectivity index (χ1) is 13.0. The molecule has 3 N–H and O–H groups in total. The molecule has 0 amide bonds. The van der Waals surface area contributed by atoms with Crippen LogP contribution in [0.15, 0.2) is 24.3 Å². The summed E-state index contributed by atoms with van der Waals surface area (Å²) >= 11 is 0. The highest BCUT2D eigenvalue weighted by atomic mass is 31.2. The number of rotatable bonds is 17. The van der Waals surface area contributed by atoms with Crippen LogP contribution >= 0.6 is 7.60 Å². The fourth-order valence-corrected chi connectivity index (χ4v) is 4.40. The molecule has 0 aliphatic heterocycles. The number of hydrogen-bond donors (Lipinski definition) is 3. The first-order valence-electron chi connectivity index (χ1n) is 10.9. The fraction of sp³-hybridized carbons (Fsp3) is 0.818. The van der Waals surface area contributed by atoms with Gasteiger partial charge in [-0.15, -0.1) is 0 Å². The molecule has 0 rings (SSSR count). The Balaban J connectivity index is 3.78. The van der Waals surface area contributed by atoms with Gasteiger partial charge in [-0.25, -0.2) is 0 Å². The Morgan fingerprint density at radius 1 is 0.786 bits per heavy atom. The smallest absolute Gasteiger partial charge is 0.362 e. The lowest BCUT2D eigenvalue weighted by molar-refractivity contribution is -0.875. The molecule has 1 unspecified atom stereocenters.